The number of thiophene rings is 1. The first-order valence-corrected chi connectivity index (χ1v) is 6.32. The van der Waals surface area contributed by atoms with Crippen LogP contribution in [0, 0.1) is 0 Å². The molecule has 1 atom stereocenters. The number of hydrogen-bond acceptors (Lipinski definition) is 5. The lowest BCUT2D eigenvalue weighted by atomic mass is 10.3. The molecule has 0 aromatic carbocycles. The van der Waals surface area contributed by atoms with Crippen molar-refractivity contribution >= 4 is 28.9 Å². The maximum atomic E-state index is 11.7. The topological polar surface area (TPSA) is 72.6 Å². The molecule has 1 amide bonds. The van der Waals surface area contributed by atoms with E-state index < -0.39 is 0 Å². The Bertz CT molecular complexity index is 444. The Hall–Kier alpha value is -1.40. The van der Waals surface area contributed by atoms with Crippen LogP contribution in [-0.2, 0) is 9.53 Å². The minimum Gasteiger partial charge on any atom is -0.462 e. The van der Waals surface area contributed by atoms with Gasteiger partial charge in [0.05, 0.1) is 12.3 Å². The fourth-order valence-corrected chi connectivity index (χ4v) is 2.62. The molecular formula is C11H14N2O3S. The third kappa shape index (κ3) is 2.32. The minimum atomic E-state index is -0.384. The first kappa shape index (κ1) is 12.1. The van der Waals surface area contributed by atoms with E-state index in [0.717, 1.165) is 0 Å². The van der Waals surface area contributed by atoms with E-state index in [4.69, 9.17) is 10.5 Å². The number of ether oxygens (including phenoxy) is 1. The largest absolute Gasteiger partial charge is 0.462 e. The van der Waals surface area contributed by atoms with E-state index >= 15 is 0 Å². The number of nitrogens with zero attached hydrogens (tertiary/aromatic N) is 1. The molecule has 1 aliphatic rings. The SMILES string of the molecule is CCOC(=O)c1sccc1N1CC(N)CC1=O. The van der Waals surface area contributed by atoms with Gasteiger partial charge in [0.15, 0.2) is 0 Å². The zero-order chi connectivity index (χ0) is 12.4. The van der Waals surface area contributed by atoms with Crippen molar-refractivity contribution in [3.05, 3.63) is 16.3 Å². The van der Waals surface area contributed by atoms with E-state index in [1.54, 1.807) is 23.3 Å². The lowest BCUT2D eigenvalue weighted by molar-refractivity contribution is -0.117. The highest BCUT2D eigenvalue weighted by atomic mass is 32.1. The van der Waals surface area contributed by atoms with E-state index in [9.17, 15) is 9.59 Å². The summed E-state index contributed by atoms with van der Waals surface area (Å²) in [5.74, 6) is -0.424. The molecule has 1 aromatic heterocycles. The number of carbonyl (C=O) groups is 2. The Labute approximate surface area is 103 Å². The van der Waals surface area contributed by atoms with Crippen LogP contribution >= 0.6 is 11.3 Å². The molecule has 17 heavy (non-hydrogen) atoms. The molecule has 92 valence electrons. The molecule has 1 aromatic rings. The Morgan fingerprint density at radius 2 is 2.47 bits per heavy atom. The number of nitrogens with two attached hydrogens (primary N) is 1. The average Bonchev–Trinajstić information content (AvgIpc) is 2.84. The monoisotopic (exact) mass is 254 g/mol. The number of amides is 1. The Kier molecular flexibility index (Phi) is 3.44. The van der Waals surface area contributed by atoms with Crippen molar-refractivity contribution in [2.45, 2.75) is 19.4 Å². The molecule has 1 aliphatic heterocycles. The van der Waals surface area contributed by atoms with Crippen molar-refractivity contribution < 1.29 is 14.3 Å². The molecule has 0 aliphatic carbocycles. The van der Waals surface area contributed by atoms with Gasteiger partial charge in [-0.05, 0) is 18.4 Å². The zero-order valence-electron chi connectivity index (χ0n) is 9.51. The van der Waals surface area contributed by atoms with Crippen LogP contribution in [0.3, 0.4) is 0 Å². The summed E-state index contributed by atoms with van der Waals surface area (Å²) >= 11 is 1.28. The zero-order valence-corrected chi connectivity index (χ0v) is 10.3. The summed E-state index contributed by atoms with van der Waals surface area (Å²) in [6.45, 7) is 2.54. The number of anilines is 1. The molecule has 0 spiro atoms. The quantitative estimate of drug-likeness (QED) is 0.816. The fourth-order valence-electron chi connectivity index (χ4n) is 1.83. The first-order valence-electron chi connectivity index (χ1n) is 5.44. The van der Waals surface area contributed by atoms with Crippen molar-refractivity contribution in [2.75, 3.05) is 18.1 Å². The summed E-state index contributed by atoms with van der Waals surface area (Å²) in [7, 11) is 0. The lowest BCUT2D eigenvalue weighted by Gasteiger charge is -2.15. The number of carbonyl (C=O) groups excluding carboxylic acids is 2. The summed E-state index contributed by atoms with van der Waals surface area (Å²) in [6, 6.07) is 1.60. The number of rotatable bonds is 3. The van der Waals surface area contributed by atoms with Gasteiger partial charge in [-0.3, -0.25) is 4.79 Å². The summed E-state index contributed by atoms with van der Waals surface area (Å²) < 4.78 is 4.95. The normalized spacial score (nSPS) is 19.8. The molecule has 1 saturated heterocycles. The van der Waals surface area contributed by atoms with Crippen molar-refractivity contribution in [2.24, 2.45) is 5.73 Å². The van der Waals surface area contributed by atoms with Crippen molar-refractivity contribution in [1.82, 2.24) is 0 Å². The van der Waals surface area contributed by atoms with Gasteiger partial charge >= 0.3 is 5.97 Å². The molecule has 2 rings (SSSR count). The summed E-state index contributed by atoms with van der Waals surface area (Å²) in [4.78, 5) is 25.4. The van der Waals surface area contributed by atoms with E-state index in [-0.39, 0.29) is 17.9 Å². The van der Waals surface area contributed by atoms with Gasteiger partial charge in [0, 0.05) is 19.0 Å². The average molecular weight is 254 g/mol. The summed E-state index contributed by atoms with van der Waals surface area (Å²) in [6.07, 6.45) is 0.331. The number of esters is 1. The van der Waals surface area contributed by atoms with Crippen molar-refractivity contribution in [3.63, 3.8) is 0 Å². The van der Waals surface area contributed by atoms with Gasteiger partial charge in [-0.1, -0.05) is 0 Å². The first-order chi connectivity index (χ1) is 8.13. The molecule has 0 radical (unpaired) electrons. The standard InChI is InChI=1S/C11H14N2O3S/c1-2-16-11(15)10-8(3-4-17-10)13-6-7(12)5-9(13)14/h3-4,7H,2,5-6,12H2,1H3. The second-order valence-corrected chi connectivity index (χ2v) is 4.74. The van der Waals surface area contributed by atoms with Crippen LogP contribution in [0.5, 0.6) is 0 Å². The smallest absolute Gasteiger partial charge is 0.350 e. The van der Waals surface area contributed by atoms with Gasteiger partial charge in [0.1, 0.15) is 4.88 Å². The van der Waals surface area contributed by atoms with Crippen LogP contribution in [-0.4, -0.2) is 31.1 Å². The van der Waals surface area contributed by atoms with E-state index in [1.807, 2.05) is 0 Å². The lowest BCUT2D eigenvalue weighted by Crippen LogP contribution is -2.28. The molecule has 5 nitrogen and oxygen atoms in total. The molecule has 2 N–H and O–H groups in total. The van der Waals surface area contributed by atoms with Gasteiger partial charge in [0.2, 0.25) is 5.91 Å². The highest BCUT2D eigenvalue weighted by Crippen LogP contribution is 2.30. The number of hydrogen-bond donors (Lipinski definition) is 1. The maximum absolute atomic E-state index is 11.7. The van der Waals surface area contributed by atoms with Crippen LogP contribution in [0.2, 0.25) is 0 Å². The summed E-state index contributed by atoms with van der Waals surface area (Å²) in [5, 5.41) is 1.78. The highest BCUT2D eigenvalue weighted by molar-refractivity contribution is 7.12. The van der Waals surface area contributed by atoms with Crippen LogP contribution < -0.4 is 10.6 Å². The third-order valence-corrected chi connectivity index (χ3v) is 3.43. The maximum Gasteiger partial charge on any atom is 0.350 e. The van der Waals surface area contributed by atoms with Crippen LogP contribution in [0.25, 0.3) is 0 Å². The van der Waals surface area contributed by atoms with E-state index in [0.29, 0.717) is 30.1 Å². The third-order valence-electron chi connectivity index (χ3n) is 2.55. The molecule has 2 heterocycles. The predicted octanol–water partition coefficient (Wildman–Crippen LogP) is 0.989. The molecule has 6 heteroatoms. The van der Waals surface area contributed by atoms with Gasteiger partial charge in [0.25, 0.3) is 0 Å². The molecular weight excluding hydrogens is 240 g/mol. The Balaban J connectivity index is 2.25. The molecule has 1 unspecified atom stereocenters. The second-order valence-electron chi connectivity index (χ2n) is 3.82. The second kappa shape index (κ2) is 4.85. The van der Waals surface area contributed by atoms with Gasteiger partial charge in [-0.15, -0.1) is 11.3 Å². The molecule has 1 fully saturated rings. The predicted molar refractivity (Wildman–Crippen MR) is 65.2 cm³/mol. The minimum absolute atomic E-state index is 0.0403. The van der Waals surface area contributed by atoms with Crippen LogP contribution in [0.4, 0.5) is 5.69 Å². The Morgan fingerprint density at radius 3 is 3.06 bits per heavy atom. The van der Waals surface area contributed by atoms with E-state index in [2.05, 4.69) is 0 Å². The van der Waals surface area contributed by atoms with Crippen molar-refractivity contribution in [3.8, 4) is 0 Å². The van der Waals surface area contributed by atoms with Crippen LogP contribution in [0.15, 0.2) is 11.4 Å². The van der Waals surface area contributed by atoms with Gasteiger partial charge < -0.3 is 15.4 Å². The van der Waals surface area contributed by atoms with Gasteiger partial charge in [-0.25, -0.2) is 4.79 Å². The molecule has 0 bridgehead atoms. The highest BCUT2D eigenvalue weighted by Gasteiger charge is 2.31. The summed E-state index contributed by atoms with van der Waals surface area (Å²) in [5.41, 5.74) is 6.35. The van der Waals surface area contributed by atoms with E-state index in [1.165, 1.54) is 11.3 Å². The molecule has 0 saturated carbocycles. The fraction of sp³-hybridized carbons (Fsp3) is 0.455. The Morgan fingerprint density at radius 1 is 1.71 bits per heavy atom. The van der Waals surface area contributed by atoms with Crippen LogP contribution in [0.1, 0.15) is 23.0 Å². The van der Waals surface area contributed by atoms with Crippen molar-refractivity contribution in [1.29, 1.82) is 0 Å². The van der Waals surface area contributed by atoms with Gasteiger partial charge in [-0.2, -0.15) is 0 Å².